The monoisotopic (exact) mass is 324 g/mol. The van der Waals surface area contributed by atoms with Gasteiger partial charge in [0.25, 0.3) is 0 Å². The summed E-state index contributed by atoms with van der Waals surface area (Å²) in [4.78, 5) is 4.53. The van der Waals surface area contributed by atoms with Crippen molar-refractivity contribution in [2.45, 2.75) is 44.9 Å². The number of hydrogen-bond donors (Lipinski definition) is 1. The fraction of sp³-hybridized carbons (Fsp3) is 0.667. The van der Waals surface area contributed by atoms with Gasteiger partial charge in [-0.15, -0.1) is 0 Å². The van der Waals surface area contributed by atoms with Gasteiger partial charge in [0.15, 0.2) is 0 Å². The van der Waals surface area contributed by atoms with Gasteiger partial charge in [0.1, 0.15) is 5.82 Å². The molecule has 1 saturated heterocycles. The summed E-state index contributed by atoms with van der Waals surface area (Å²) in [5.41, 5.74) is 1.08. The van der Waals surface area contributed by atoms with Gasteiger partial charge < -0.3 is 19.6 Å². The second-order valence-electron chi connectivity index (χ2n) is 6.67. The number of hydrogen-bond acceptors (Lipinski definition) is 4. The van der Waals surface area contributed by atoms with Crippen molar-refractivity contribution in [1.29, 1.82) is 0 Å². The van der Waals surface area contributed by atoms with Crippen molar-refractivity contribution >= 4 is 5.69 Å². The van der Waals surface area contributed by atoms with Crippen LogP contribution in [0.5, 0.6) is 0 Å². The Bertz CT molecular complexity index is 459. The van der Waals surface area contributed by atoms with E-state index in [0.29, 0.717) is 19.2 Å². The highest BCUT2D eigenvalue weighted by Gasteiger charge is 2.24. The van der Waals surface area contributed by atoms with Crippen molar-refractivity contribution < 1.29 is 14.2 Å². The van der Waals surface area contributed by atoms with E-state index in [9.17, 15) is 9.50 Å². The molecule has 0 aliphatic carbocycles. The van der Waals surface area contributed by atoms with Crippen molar-refractivity contribution in [3.05, 3.63) is 30.1 Å². The number of halogens is 1. The van der Waals surface area contributed by atoms with Crippen molar-refractivity contribution in [2.24, 2.45) is 0 Å². The first-order valence-corrected chi connectivity index (χ1v) is 8.46. The average molecular weight is 324 g/mol. The third-order valence-electron chi connectivity index (χ3n) is 4.40. The maximum atomic E-state index is 13.0. The molecule has 1 fully saturated rings. The van der Waals surface area contributed by atoms with E-state index in [2.05, 4.69) is 16.8 Å². The van der Waals surface area contributed by atoms with Gasteiger partial charge in [-0.05, 0) is 58.0 Å². The Morgan fingerprint density at radius 3 is 2.43 bits per heavy atom. The Labute approximate surface area is 138 Å². The molecule has 1 N–H and O–H groups in total. The first-order chi connectivity index (χ1) is 11.0. The van der Waals surface area contributed by atoms with Crippen LogP contribution in [0.3, 0.4) is 0 Å². The average Bonchev–Trinajstić information content (AvgIpc) is 2.54. The molecule has 0 bridgehead atoms. The zero-order chi connectivity index (χ0) is 16.8. The Morgan fingerprint density at radius 2 is 1.87 bits per heavy atom. The summed E-state index contributed by atoms with van der Waals surface area (Å²) in [6.45, 7) is 6.88. The van der Waals surface area contributed by atoms with Crippen LogP contribution in [-0.2, 0) is 4.74 Å². The summed E-state index contributed by atoms with van der Waals surface area (Å²) in [7, 11) is 2.07. The molecule has 0 aromatic heterocycles. The van der Waals surface area contributed by atoms with Gasteiger partial charge in [-0.3, -0.25) is 0 Å². The Balaban J connectivity index is 1.76. The normalized spacial score (nSPS) is 18.0. The number of ether oxygens (including phenoxy) is 1. The second kappa shape index (κ2) is 8.62. The van der Waals surface area contributed by atoms with Crippen LogP contribution in [0, 0.1) is 5.82 Å². The van der Waals surface area contributed by atoms with E-state index in [1.807, 2.05) is 26.0 Å². The van der Waals surface area contributed by atoms with Crippen LogP contribution in [0.1, 0.15) is 26.7 Å². The summed E-state index contributed by atoms with van der Waals surface area (Å²) < 4.78 is 18.5. The van der Waals surface area contributed by atoms with Crippen LogP contribution in [0.2, 0.25) is 0 Å². The van der Waals surface area contributed by atoms with Crippen LogP contribution in [-0.4, -0.2) is 61.5 Å². The van der Waals surface area contributed by atoms with E-state index in [1.165, 1.54) is 12.1 Å². The number of piperidine rings is 1. The first kappa shape index (κ1) is 18.2. The minimum absolute atomic E-state index is 0.147. The number of nitrogens with zero attached hydrogens (tertiary/aromatic N) is 2. The molecule has 0 amide bonds. The molecule has 1 aliphatic heterocycles. The van der Waals surface area contributed by atoms with Crippen LogP contribution in [0.25, 0.3) is 0 Å². The lowest BCUT2D eigenvalue weighted by Gasteiger charge is -2.38. The molecule has 4 nitrogen and oxygen atoms in total. The van der Waals surface area contributed by atoms with Crippen molar-refractivity contribution in [1.82, 2.24) is 4.90 Å². The number of anilines is 1. The highest BCUT2D eigenvalue weighted by molar-refractivity contribution is 5.46. The maximum Gasteiger partial charge on any atom is 0.123 e. The van der Waals surface area contributed by atoms with Crippen molar-refractivity contribution in [3.63, 3.8) is 0 Å². The number of rotatable bonds is 7. The van der Waals surface area contributed by atoms with E-state index in [1.54, 1.807) is 0 Å². The standard InChI is InChI=1S/C18H29FN2O2/c1-14(2)23-13-18(22)12-20(3)16-8-10-21(11-9-16)17-6-4-15(19)5-7-17/h4-7,14,16,18,22H,8-13H2,1-3H3. The van der Waals surface area contributed by atoms with Gasteiger partial charge in [0, 0.05) is 31.4 Å². The lowest BCUT2D eigenvalue weighted by Crippen LogP contribution is -2.46. The Hall–Kier alpha value is -1.17. The molecule has 1 unspecified atom stereocenters. The lowest BCUT2D eigenvalue weighted by molar-refractivity contribution is -0.0114. The number of aliphatic hydroxyl groups is 1. The molecule has 1 aromatic carbocycles. The summed E-state index contributed by atoms with van der Waals surface area (Å²) in [5, 5.41) is 10.0. The smallest absolute Gasteiger partial charge is 0.123 e. The second-order valence-corrected chi connectivity index (χ2v) is 6.67. The van der Waals surface area contributed by atoms with Crippen molar-refractivity contribution in [3.8, 4) is 0 Å². The lowest BCUT2D eigenvalue weighted by atomic mass is 10.0. The topological polar surface area (TPSA) is 35.9 Å². The largest absolute Gasteiger partial charge is 0.389 e. The van der Waals surface area contributed by atoms with E-state index in [4.69, 9.17) is 4.74 Å². The molecule has 0 radical (unpaired) electrons. The molecular formula is C18H29FN2O2. The first-order valence-electron chi connectivity index (χ1n) is 8.46. The van der Waals surface area contributed by atoms with Gasteiger partial charge in [0.05, 0.1) is 18.8 Å². The van der Waals surface area contributed by atoms with Gasteiger partial charge in [-0.1, -0.05) is 0 Å². The summed E-state index contributed by atoms with van der Waals surface area (Å²) >= 11 is 0. The van der Waals surface area contributed by atoms with Crippen LogP contribution in [0.4, 0.5) is 10.1 Å². The predicted molar refractivity (Wildman–Crippen MR) is 91.4 cm³/mol. The number of likely N-dealkylation sites (N-methyl/N-ethyl adjacent to an activating group) is 1. The molecule has 130 valence electrons. The molecular weight excluding hydrogens is 295 g/mol. The molecule has 1 aliphatic rings. The Morgan fingerprint density at radius 1 is 1.26 bits per heavy atom. The third-order valence-corrected chi connectivity index (χ3v) is 4.40. The van der Waals surface area contributed by atoms with E-state index in [-0.39, 0.29) is 11.9 Å². The molecule has 0 saturated carbocycles. The maximum absolute atomic E-state index is 13.0. The SMILES string of the molecule is CC(C)OCC(O)CN(C)C1CCN(c2ccc(F)cc2)CC1. The summed E-state index contributed by atoms with van der Waals surface area (Å²) in [6.07, 6.45) is 1.79. The van der Waals surface area contributed by atoms with Crippen LogP contribution >= 0.6 is 0 Å². The zero-order valence-electron chi connectivity index (χ0n) is 14.4. The molecule has 1 heterocycles. The molecule has 1 atom stereocenters. The fourth-order valence-electron chi connectivity index (χ4n) is 3.05. The van der Waals surface area contributed by atoms with Gasteiger partial charge >= 0.3 is 0 Å². The van der Waals surface area contributed by atoms with Gasteiger partial charge in [-0.25, -0.2) is 4.39 Å². The van der Waals surface area contributed by atoms with Crippen LogP contribution < -0.4 is 4.90 Å². The van der Waals surface area contributed by atoms with Crippen LogP contribution in [0.15, 0.2) is 24.3 Å². The fourth-order valence-corrected chi connectivity index (χ4v) is 3.05. The highest BCUT2D eigenvalue weighted by atomic mass is 19.1. The third kappa shape index (κ3) is 5.75. The van der Waals surface area contributed by atoms with E-state index in [0.717, 1.165) is 31.6 Å². The van der Waals surface area contributed by atoms with E-state index >= 15 is 0 Å². The highest BCUT2D eigenvalue weighted by Crippen LogP contribution is 2.22. The van der Waals surface area contributed by atoms with Crippen molar-refractivity contribution in [2.75, 3.05) is 38.2 Å². The minimum Gasteiger partial charge on any atom is -0.389 e. The molecule has 23 heavy (non-hydrogen) atoms. The number of benzene rings is 1. The van der Waals surface area contributed by atoms with E-state index < -0.39 is 6.10 Å². The minimum atomic E-state index is -0.447. The summed E-state index contributed by atoms with van der Waals surface area (Å²) in [5.74, 6) is -0.194. The zero-order valence-corrected chi connectivity index (χ0v) is 14.4. The predicted octanol–water partition coefficient (Wildman–Crippen LogP) is 2.51. The molecule has 1 aromatic rings. The number of aliphatic hydroxyl groups excluding tert-OH is 1. The van der Waals surface area contributed by atoms with Gasteiger partial charge in [0.2, 0.25) is 0 Å². The molecule has 0 spiro atoms. The van der Waals surface area contributed by atoms with Gasteiger partial charge in [-0.2, -0.15) is 0 Å². The Kier molecular flexibility index (Phi) is 6.81. The summed E-state index contributed by atoms with van der Waals surface area (Å²) in [6, 6.07) is 7.18. The quantitative estimate of drug-likeness (QED) is 0.836. The molecule has 5 heteroatoms. The molecule has 2 rings (SSSR count).